The Balaban J connectivity index is 0.000000336. The lowest BCUT2D eigenvalue weighted by molar-refractivity contribution is 0.126. The number of ether oxygens (including phenoxy) is 1. The molecule has 5 aromatic rings. The van der Waals surface area contributed by atoms with E-state index in [0.717, 1.165) is 66.3 Å². The summed E-state index contributed by atoms with van der Waals surface area (Å²) in [5.41, 5.74) is 9.29. The first-order valence-electron chi connectivity index (χ1n) is 16.6. The van der Waals surface area contributed by atoms with Gasteiger partial charge in [0.15, 0.2) is 5.82 Å². The number of hydrogen-bond donors (Lipinski definition) is 2. The molecule has 0 radical (unpaired) electrons. The predicted octanol–water partition coefficient (Wildman–Crippen LogP) is 5.81. The number of pyridine rings is 1. The van der Waals surface area contributed by atoms with E-state index in [1.807, 2.05) is 31.4 Å². The standard InChI is InChI=1S/C28H33F2N7O2.C7H8O3S/c1-15(2)27-34-28(39-35-27)36-8-6-17(7-9-36)16(3)38-26-12-23-24(13-32-26)37-14-22(31)20(11-25(37)33-23)19-10-18(29)4-5-21(19)30;1-6-2-4-7(5-3-6)11(8,9)10/h4-5,10,12-13,15-17,20,22H,6-9,11,14,31H2,1-3H3;2-5H,1H3,(H,8,9,10)/t16-,20+,22-;/m0./s1. The highest BCUT2D eigenvalue weighted by Gasteiger charge is 2.32. The highest BCUT2D eigenvalue weighted by molar-refractivity contribution is 7.85. The molecular weight excluding hydrogens is 668 g/mol. The molecule has 3 N–H and O–H groups in total. The van der Waals surface area contributed by atoms with Crippen LogP contribution in [-0.4, -0.2) is 62.9 Å². The largest absolute Gasteiger partial charge is 0.474 e. The Morgan fingerprint density at radius 3 is 2.42 bits per heavy atom. The maximum atomic E-state index is 14.5. The van der Waals surface area contributed by atoms with Crippen molar-refractivity contribution >= 4 is 27.2 Å². The molecular formula is C35H41F2N7O5S. The van der Waals surface area contributed by atoms with E-state index < -0.39 is 21.8 Å². The van der Waals surface area contributed by atoms with Crippen molar-refractivity contribution in [2.75, 3.05) is 18.0 Å². The molecule has 15 heteroatoms. The maximum Gasteiger partial charge on any atom is 0.324 e. The van der Waals surface area contributed by atoms with Gasteiger partial charge in [-0.2, -0.15) is 13.4 Å². The van der Waals surface area contributed by atoms with Crippen molar-refractivity contribution in [2.24, 2.45) is 11.7 Å². The first-order chi connectivity index (χ1) is 23.8. The van der Waals surface area contributed by atoms with Gasteiger partial charge in [-0.3, -0.25) is 4.55 Å². The molecule has 0 spiro atoms. The van der Waals surface area contributed by atoms with Gasteiger partial charge in [0.1, 0.15) is 23.6 Å². The molecule has 50 heavy (non-hydrogen) atoms. The molecule has 0 unspecified atom stereocenters. The van der Waals surface area contributed by atoms with Crippen LogP contribution in [0.1, 0.15) is 68.2 Å². The average Bonchev–Trinajstić information content (AvgIpc) is 3.71. The zero-order valence-corrected chi connectivity index (χ0v) is 29.1. The number of aryl methyl sites for hydroxylation is 1. The van der Waals surface area contributed by atoms with E-state index in [1.165, 1.54) is 18.2 Å². The van der Waals surface area contributed by atoms with Crippen LogP contribution in [0.15, 0.2) is 64.1 Å². The summed E-state index contributed by atoms with van der Waals surface area (Å²) >= 11 is 0. The smallest absolute Gasteiger partial charge is 0.324 e. The molecule has 7 rings (SSSR count). The van der Waals surface area contributed by atoms with Crippen LogP contribution in [0.4, 0.5) is 14.8 Å². The van der Waals surface area contributed by atoms with Crippen molar-refractivity contribution in [2.45, 2.75) is 82.4 Å². The summed E-state index contributed by atoms with van der Waals surface area (Å²) in [5, 5.41) is 4.07. The third-order valence-electron chi connectivity index (χ3n) is 9.41. The van der Waals surface area contributed by atoms with Gasteiger partial charge >= 0.3 is 6.01 Å². The number of anilines is 1. The second-order valence-corrected chi connectivity index (χ2v) is 14.7. The molecule has 1 saturated heterocycles. The zero-order chi connectivity index (χ0) is 35.7. The summed E-state index contributed by atoms with van der Waals surface area (Å²) in [5.74, 6) is 1.34. The first kappa shape index (κ1) is 35.4. The lowest BCUT2D eigenvalue weighted by atomic mass is 9.86. The molecule has 0 aliphatic carbocycles. The number of imidazole rings is 1. The van der Waals surface area contributed by atoms with Gasteiger partial charge < -0.3 is 24.5 Å². The highest BCUT2D eigenvalue weighted by Crippen LogP contribution is 2.34. The third-order valence-corrected chi connectivity index (χ3v) is 10.3. The van der Waals surface area contributed by atoms with E-state index in [4.69, 9.17) is 24.5 Å². The normalized spacial score (nSPS) is 18.9. The van der Waals surface area contributed by atoms with Gasteiger partial charge in [0.2, 0.25) is 5.88 Å². The van der Waals surface area contributed by atoms with E-state index in [0.29, 0.717) is 36.3 Å². The Morgan fingerprint density at radius 2 is 1.76 bits per heavy atom. The first-order valence-corrected chi connectivity index (χ1v) is 18.1. The molecule has 2 aromatic carbocycles. The molecule has 3 aromatic heterocycles. The summed E-state index contributed by atoms with van der Waals surface area (Å²) in [6.45, 7) is 10.1. The van der Waals surface area contributed by atoms with E-state index in [1.54, 1.807) is 18.3 Å². The van der Waals surface area contributed by atoms with Gasteiger partial charge in [0.05, 0.1) is 22.1 Å². The van der Waals surface area contributed by atoms with Crippen LogP contribution >= 0.6 is 0 Å². The minimum atomic E-state index is -4.02. The Bertz CT molecular complexity index is 2060. The predicted molar refractivity (Wildman–Crippen MR) is 183 cm³/mol. The molecule has 3 atom stereocenters. The Morgan fingerprint density at radius 1 is 1.04 bits per heavy atom. The van der Waals surface area contributed by atoms with Crippen molar-refractivity contribution in [3.63, 3.8) is 0 Å². The van der Waals surface area contributed by atoms with Gasteiger partial charge in [0, 0.05) is 50.0 Å². The van der Waals surface area contributed by atoms with Gasteiger partial charge in [0.25, 0.3) is 10.1 Å². The molecule has 5 heterocycles. The fourth-order valence-electron chi connectivity index (χ4n) is 6.45. The lowest BCUT2D eigenvalue weighted by Gasteiger charge is -2.33. The number of aromatic nitrogens is 5. The lowest BCUT2D eigenvalue weighted by Crippen LogP contribution is -2.39. The summed E-state index contributed by atoms with van der Waals surface area (Å²) in [7, 11) is -4.02. The van der Waals surface area contributed by atoms with Crippen LogP contribution in [0.3, 0.4) is 0 Å². The number of halogens is 2. The number of benzene rings is 2. The SMILES string of the molecule is CC(C)c1noc(N2CCC([C@H](C)Oc3cc4nc5n(c4cn3)C[C@H](N)[C@@H](c3cc(F)ccc3F)C5)CC2)n1.Cc1ccc(S(=O)(=O)O)cc1. The Kier molecular flexibility index (Phi) is 10.2. The van der Waals surface area contributed by atoms with E-state index in [-0.39, 0.29) is 28.9 Å². The minimum Gasteiger partial charge on any atom is -0.474 e. The number of hydrogen-bond acceptors (Lipinski definition) is 10. The number of nitrogens with zero attached hydrogens (tertiary/aromatic N) is 6. The Hall–Kier alpha value is -4.47. The van der Waals surface area contributed by atoms with Crippen LogP contribution < -0.4 is 15.4 Å². The fourth-order valence-corrected chi connectivity index (χ4v) is 6.93. The van der Waals surface area contributed by atoms with E-state index in [2.05, 4.69) is 26.9 Å². The number of fused-ring (bicyclic) bond motifs is 3. The molecule has 1 fully saturated rings. The van der Waals surface area contributed by atoms with E-state index in [9.17, 15) is 17.2 Å². The summed E-state index contributed by atoms with van der Waals surface area (Å²) < 4.78 is 71.6. The van der Waals surface area contributed by atoms with Gasteiger partial charge in [-0.1, -0.05) is 36.7 Å². The van der Waals surface area contributed by atoms with Gasteiger partial charge in [-0.15, -0.1) is 0 Å². The van der Waals surface area contributed by atoms with Crippen molar-refractivity contribution in [1.82, 2.24) is 24.7 Å². The number of piperidine rings is 1. The second-order valence-electron chi connectivity index (χ2n) is 13.3. The van der Waals surface area contributed by atoms with Crippen molar-refractivity contribution < 1.29 is 31.0 Å². The van der Waals surface area contributed by atoms with Gasteiger partial charge in [-0.05, 0) is 68.5 Å². The monoisotopic (exact) mass is 709 g/mol. The molecule has 2 aliphatic rings. The number of rotatable bonds is 7. The van der Waals surface area contributed by atoms with E-state index >= 15 is 0 Å². The van der Waals surface area contributed by atoms with Crippen molar-refractivity contribution in [3.05, 3.63) is 89.1 Å². The quantitative estimate of drug-likeness (QED) is 0.196. The molecule has 0 saturated carbocycles. The van der Waals surface area contributed by atoms with Crippen LogP contribution in [-0.2, 0) is 23.1 Å². The number of nitrogens with two attached hydrogens (primary N) is 1. The van der Waals surface area contributed by atoms with Crippen LogP contribution in [0, 0.1) is 24.5 Å². The fraction of sp³-hybridized carbons (Fsp3) is 0.429. The Labute approximate surface area is 289 Å². The average molecular weight is 710 g/mol. The third kappa shape index (κ3) is 7.79. The molecule has 2 aliphatic heterocycles. The second kappa shape index (κ2) is 14.4. The summed E-state index contributed by atoms with van der Waals surface area (Å²) in [6, 6.07) is 11.6. The van der Waals surface area contributed by atoms with Crippen LogP contribution in [0.25, 0.3) is 11.0 Å². The minimum absolute atomic E-state index is 0.0306. The molecule has 266 valence electrons. The zero-order valence-electron chi connectivity index (χ0n) is 28.3. The van der Waals surface area contributed by atoms with Crippen molar-refractivity contribution in [3.8, 4) is 5.88 Å². The molecule has 0 bridgehead atoms. The van der Waals surface area contributed by atoms with Gasteiger partial charge in [-0.25, -0.2) is 18.7 Å². The van der Waals surface area contributed by atoms with Crippen molar-refractivity contribution in [1.29, 1.82) is 0 Å². The molecule has 0 amide bonds. The van der Waals surface area contributed by atoms with Crippen LogP contribution in [0.5, 0.6) is 5.88 Å². The molecule has 12 nitrogen and oxygen atoms in total. The highest BCUT2D eigenvalue weighted by atomic mass is 32.2. The summed E-state index contributed by atoms with van der Waals surface area (Å²) in [4.78, 5) is 15.9. The summed E-state index contributed by atoms with van der Waals surface area (Å²) in [6.07, 6.45) is 4.03. The maximum absolute atomic E-state index is 14.5. The van der Waals surface area contributed by atoms with Crippen LogP contribution in [0.2, 0.25) is 0 Å². The topological polar surface area (TPSA) is 162 Å².